The molecule has 4 heterocycles. The summed E-state index contributed by atoms with van der Waals surface area (Å²) < 4.78 is 56.5. The molecule has 5 aromatic rings. The smallest absolute Gasteiger partial charge is 1.00 e. The van der Waals surface area contributed by atoms with E-state index in [0.717, 1.165) is 35.2 Å². The number of methoxy groups -OCH3 is 2. The summed E-state index contributed by atoms with van der Waals surface area (Å²) >= 11 is 15.6. The number of halogens is 2. The number of carboxylic acids is 4. The van der Waals surface area contributed by atoms with Crippen molar-refractivity contribution in [3.63, 3.8) is 0 Å². The Hall–Kier alpha value is -6.58. The van der Waals surface area contributed by atoms with Crippen LogP contribution in [0, 0.1) is 29.6 Å². The number of aromatic hydroxyl groups is 2. The molecule has 0 amide bonds. The summed E-state index contributed by atoms with van der Waals surface area (Å²) in [5, 5.41) is 93.4. The van der Waals surface area contributed by atoms with Gasteiger partial charge in [0.1, 0.15) is 29.6 Å². The number of thiol groups is 1. The summed E-state index contributed by atoms with van der Waals surface area (Å²) in [6.45, 7) is 15.0. The fourth-order valence-electron chi connectivity index (χ4n) is 11.6. The van der Waals surface area contributed by atoms with Gasteiger partial charge in [-0.2, -0.15) is 12.6 Å². The zero-order valence-corrected chi connectivity index (χ0v) is 72.6. The number of para-hydroxylation sites is 3. The van der Waals surface area contributed by atoms with Crippen LogP contribution in [0.5, 0.6) is 17.2 Å². The Morgan fingerprint density at radius 2 is 1.03 bits per heavy atom. The number of aliphatic hydroxyl groups excluding tert-OH is 4. The van der Waals surface area contributed by atoms with Crippen molar-refractivity contribution in [2.75, 3.05) is 66.4 Å². The molecule has 116 heavy (non-hydrogen) atoms. The van der Waals surface area contributed by atoms with Gasteiger partial charge in [-0.05, 0) is 134 Å². The number of ether oxygens (including phenoxy) is 10. The zero-order valence-electron chi connectivity index (χ0n) is 69.2. The van der Waals surface area contributed by atoms with Crippen LogP contribution < -0.4 is 34.3 Å². The Balaban J connectivity index is 0.000000723. The van der Waals surface area contributed by atoms with Crippen LogP contribution >= 0.6 is 35.8 Å². The first-order chi connectivity index (χ1) is 54.8. The second kappa shape index (κ2) is 58.4. The van der Waals surface area contributed by atoms with Crippen LogP contribution in [0.15, 0.2) is 170 Å². The summed E-state index contributed by atoms with van der Waals surface area (Å²) in [4.78, 5) is 52.2. The number of allylic oxidation sites excluding steroid dienone is 8. The number of carbonyl (C=O) groups is 5. The molecule has 0 aromatic heterocycles. The third-order valence-corrected chi connectivity index (χ3v) is 18.9. The molecule has 4 fully saturated rings. The topological polar surface area (TPSA) is 380 Å². The number of aliphatic hydroxyl groups is 4. The van der Waals surface area contributed by atoms with Crippen LogP contribution in [0.2, 0.25) is 5.02 Å². The first kappa shape index (κ1) is 105. The number of hydrogen-bond acceptors (Lipinski definition) is 22. The van der Waals surface area contributed by atoms with Gasteiger partial charge in [-0.3, -0.25) is 24.0 Å². The molecule has 10 N–H and O–H groups in total. The Kier molecular flexibility index (Phi) is 53.1. The number of phenols is 2. The van der Waals surface area contributed by atoms with Gasteiger partial charge in [0.05, 0.1) is 87.7 Å². The quantitative estimate of drug-likeness (QED) is 0.00626. The van der Waals surface area contributed by atoms with Crippen LogP contribution in [0.1, 0.15) is 190 Å². The maximum absolute atomic E-state index is 10.6. The molecular weight excluding hydrogens is 1570 g/mol. The second-order valence-corrected chi connectivity index (χ2v) is 29.9. The van der Waals surface area contributed by atoms with Crippen molar-refractivity contribution in [1.82, 2.24) is 0 Å². The summed E-state index contributed by atoms with van der Waals surface area (Å²) in [6, 6.07) is 36.0. The minimum atomic E-state index is -0.840. The molecule has 25 nitrogen and oxygen atoms in total. The number of aliphatic carboxylic acids is 4. The molecule has 4 aliphatic rings. The number of carboxylic acid groups (broad SMARTS) is 4. The van der Waals surface area contributed by atoms with Crippen molar-refractivity contribution in [3.8, 4) is 17.2 Å². The molecule has 4 aliphatic heterocycles. The predicted octanol–water partition coefficient (Wildman–Crippen LogP) is 13.2. The Labute approximate surface area is 721 Å². The molecular formula is C87H121Cl2NaO25S. The van der Waals surface area contributed by atoms with Gasteiger partial charge in [0.25, 0.3) is 0 Å². The van der Waals surface area contributed by atoms with E-state index in [1.165, 1.54) is 7.11 Å². The Morgan fingerprint density at radius 1 is 0.603 bits per heavy atom. The Morgan fingerprint density at radius 3 is 1.46 bits per heavy atom. The fourth-order valence-corrected chi connectivity index (χ4v) is 12.0. The number of alkyl halides is 1. The molecule has 9 rings (SSSR count). The number of aldehydes is 1. The predicted molar refractivity (Wildman–Crippen MR) is 442 cm³/mol. The third kappa shape index (κ3) is 40.9. The first-order valence-corrected chi connectivity index (χ1v) is 39.6. The van der Waals surface area contributed by atoms with Gasteiger partial charge < -0.3 is 99.9 Å². The summed E-state index contributed by atoms with van der Waals surface area (Å²) in [7, 11) is 3.11. The van der Waals surface area contributed by atoms with E-state index < -0.39 is 59.5 Å². The standard InChI is InChI=1S/C20H25ClO7.C19H26O5.C18H24O5.C16H22O5.C7H5ClO.C5H12O2.C2H6S.Na.H/c21-19-15(11-25-12-27-19)20-26-10-13(6-2-1-3-9-17(23)24)18(28-20)14-7-4-5-8-16(14)22;1-19(2)23-13-15(9-4-3-5-11-17(21)22)18(24-19)16-10-7-6-8-14(16)12-20;1-18(2)22-12-13(8-4-3-5-11-16(20)21)17(23-18)14-9-6-7-10-15(14)19;1-21-14-9-6-5-8-13(14)16(20)12(11-17)7-3-2-4-10-15(18)19;8-7-4-2-1-3-6(7)5-9;1-5(2,4-6)7-3;1-2-3;;/h1-2,4-5,7-8,13,15,18-20,22H,3,6,9-12H2,(H,23,24);3-4,6-8,10,15,18,20H,5,9,11-13H2,1-2H3,(H,21,22);3-4,6-7,9-10,13,17,19H,5,8,11-12H2,1-2H3,(H,20,21);2-3,5-6,8-9,12,16-17,20H,4,7,10-11H2,1H3,(H,18,19);1-5H;6H,4H2,1-3H3;3H,2H2,1H3;;/q;;;;;;;+1;-1/b2-1-;2*4-3-;3-2-;;;;;/t13-,15?,18+,19?,20+;15-,18+;13-,17+;12-,16?;;;;;/m1111...../s1. The van der Waals surface area contributed by atoms with E-state index in [1.807, 2.05) is 140 Å². The molecule has 640 valence electrons. The van der Waals surface area contributed by atoms with E-state index in [2.05, 4.69) is 12.6 Å². The van der Waals surface area contributed by atoms with Crippen LogP contribution in [0.4, 0.5) is 0 Å². The minimum Gasteiger partial charge on any atom is -1.00 e. The van der Waals surface area contributed by atoms with Gasteiger partial charge in [0.15, 0.2) is 24.2 Å². The minimum absolute atomic E-state index is 0. The number of carbonyl (C=O) groups excluding carboxylic acids is 1. The molecule has 3 unspecified atom stereocenters. The van der Waals surface area contributed by atoms with Crippen molar-refractivity contribution in [2.24, 2.45) is 29.6 Å². The van der Waals surface area contributed by atoms with Gasteiger partial charge in [0.2, 0.25) is 0 Å². The summed E-state index contributed by atoms with van der Waals surface area (Å²) in [5.74, 6) is -3.21. The number of hydrogen-bond donors (Lipinski definition) is 11. The van der Waals surface area contributed by atoms with Crippen LogP contribution in [-0.2, 0) is 68.4 Å². The van der Waals surface area contributed by atoms with Gasteiger partial charge in [-0.1, -0.05) is 176 Å². The SMILES string of the molecule is CC1(C)OC[C@@H](C/C=C\CCC(=O)O)[C@@H](c2ccccc2CO)O1.CC1(C)OC[C@@H](C/C=C\CCC(=O)O)[C@@H](c2ccccc2O)O1.CCS.COC(C)(C)CO.COc1ccccc1C(O)[C@@H](CO)C/C=C\CCC(=O)O.O=C(O)CC/C=C\C[C@@H]1CO[C@H](C2COCOC2Cl)O[C@@H]1c1ccccc1O.O=Cc1ccccc1Cl.[H-].[Na+]. The summed E-state index contributed by atoms with van der Waals surface area (Å²) in [5.41, 5.74) is 3.53. The average molecular weight is 1690 g/mol. The number of benzene rings is 5. The Bertz CT molecular complexity index is 3750. The molecule has 5 aromatic carbocycles. The van der Waals surface area contributed by atoms with Gasteiger partial charge in [-0.15, -0.1) is 0 Å². The van der Waals surface area contributed by atoms with Gasteiger partial charge in [0, 0.05) is 85.3 Å². The van der Waals surface area contributed by atoms with Crippen molar-refractivity contribution in [1.29, 1.82) is 0 Å². The van der Waals surface area contributed by atoms with E-state index in [9.17, 15) is 49.5 Å². The maximum atomic E-state index is 10.6. The molecule has 0 aliphatic carbocycles. The van der Waals surface area contributed by atoms with E-state index in [-0.39, 0.29) is 142 Å². The van der Waals surface area contributed by atoms with Crippen molar-refractivity contribution >= 4 is 66.0 Å². The van der Waals surface area contributed by atoms with Crippen molar-refractivity contribution in [2.45, 2.75) is 186 Å². The fraction of sp³-hybridized carbons (Fsp3) is 0.506. The van der Waals surface area contributed by atoms with Crippen LogP contribution in [0.25, 0.3) is 0 Å². The zero-order chi connectivity index (χ0) is 85.4. The van der Waals surface area contributed by atoms with Crippen LogP contribution in [-0.4, -0.2) is 177 Å². The molecule has 11 atom stereocenters. The first-order valence-electron chi connectivity index (χ1n) is 38.2. The van der Waals surface area contributed by atoms with E-state index in [1.54, 1.807) is 86.0 Å². The van der Waals surface area contributed by atoms with Crippen molar-refractivity contribution in [3.05, 3.63) is 208 Å². The average Bonchev–Trinajstić information content (AvgIpc) is 0.811. The monoisotopic (exact) mass is 1690 g/mol. The maximum Gasteiger partial charge on any atom is 1.00 e. The molecule has 4 saturated heterocycles. The third-order valence-electron chi connectivity index (χ3n) is 18.1. The van der Waals surface area contributed by atoms with E-state index in [0.29, 0.717) is 98.8 Å². The van der Waals surface area contributed by atoms with E-state index in [4.69, 9.17) is 96.1 Å². The molecule has 0 saturated carbocycles. The normalized spacial score (nSPS) is 21.2. The molecule has 0 bridgehead atoms. The summed E-state index contributed by atoms with van der Waals surface area (Å²) in [6.07, 6.45) is 18.4. The molecule has 0 spiro atoms. The van der Waals surface area contributed by atoms with Gasteiger partial charge in [-0.25, -0.2) is 0 Å². The molecule has 29 heteroatoms. The van der Waals surface area contributed by atoms with Gasteiger partial charge >= 0.3 is 53.4 Å². The largest absolute Gasteiger partial charge is 1.00 e. The number of phenolic OH excluding ortho intramolecular Hbond substituents is 2. The second-order valence-electron chi connectivity index (χ2n) is 28.4. The van der Waals surface area contributed by atoms with Crippen molar-refractivity contribution < 1.29 is 153 Å². The molecule has 0 radical (unpaired) electrons. The van der Waals surface area contributed by atoms with Crippen LogP contribution in [0.3, 0.4) is 0 Å². The number of rotatable bonds is 32. The van der Waals surface area contributed by atoms with E-state index >= 15 is 0 Å².